The lowest BCUT2D eigenvalue weighted by Crippen LogP contribution is -2.01. The molecule has 0 aliphatic rings. The van der Waals surface area contributed by atoms with Gasteiger partial charge in [0.05, 0.1) is 0 Å². The summed E-state index contributed by atoms with van der Waals surface area (Å²) in [5.41, 5.74) is 2.93. The van der Waals surface area contributed by atoms with Gasteiger partial charge in [-0.1, -0.05) is 0 Å². The van der Waals surface area contributed by atoms with E-state index in [1.807, 2.05) is 0 Å². The van der Waals surface area contributed by atoms with Gasteiger partial charge in [-0.3, -0.25) is 0 Å². The molecule has 5 aromatic rings. The van der Waals surface area contributed by atoms with Crippen LogP contribution < -0.4 is 0 Å². The Balaban J connectivity index is 1.93. The van der Waals surface area contributed by atoms with Crippen LogP contribution in [0.5, 0.6) is 0 Å². The van der Waals surface area contributed by atoms with Crippen molar-refractivity contribution in [2.75, 3.05) is 0 Å². The third-order valence-electron chi connectivity index (χ3n) is 2.99. The first-order chi connectivity index (χ1) is 10.9. The lowest BCUT2D eigenvalue weighted by atomic mass is 10.5. The third kappa shape index (κ3) is 1.54. The molecule has 102 valence electrons. The summed E-state index contributed by atoms with van der Waals surface area (Å²) in [5, 5.41) is 0. The molecular weight excluding hydrogens is 284 g/mol. The van der Waals surface area contributed by atoms with Gasteiger partial charge < -0.3 is 0 Å². The molecule has 0 bridgehead atoms. The van der Waals surface area contributed by atoms with Crippen LogP contribution in [-0.4, -0.2) is 49.8 Å². The Labute approximate surface area is 120 Å². The molecule has 0 aliphatic carbocycles. The van der Waals surface area contributed by atoms with Crippen molar-refractivity contribution in [3.05, 3.63) is 24.8 Å². The predicted octanol–water partition coefficient (Wildman–Crippen LogP) is 0.249. The van der Waals surface area contributed by atoms with Gasteiger partial charge in [-0.2, -0.15) is 0 Å². The van der Waals surface area contributed by atoms with Crippen LogP contribution in [0.4, 0.5) is 0 Å². The van der Waals surface area contributed by atoms with Gasteiger partial charge in [0.2, 0.25) is 22.6 Å². The van der Waals surface area contributed by atoms with Crippen LogP contribution in [0.1, 0.15) is 0 Å². The second-order valence-electron chi connectivity index (χ2n) is 4.37. The minimum atomic E-state index is 0.332. The minimum Gasteiger partial charge on any atom is -0.232 e. The maximum absolute atomic E-state index is 4.33. The van der Waals surface area contributed by atoms with E-state index in [0.29, 0.717) is 45.2 Å². The number of aromatic nitrogens is 10. The molecule has 0 atom stereocenters. The van der Waals surface area contributed by atoms with Gasteiger partial charge in [0.25, 0.3) is 0 Å². The monoisotopic (exact) mass is 288 g/mol. The first-order valence-corrected chi connectivity index (χ1v) is 6.28. The molecule has 0 saturated heterocycles. The van der Waals surface area contributed by atoms with E-state index in [2.05, 4.69) is 49.8 Å². The molecule has 0 aliphatic heterocycles. The summed E-state index contributed by atoms with van der Waals surface area (Å²) in [6.07, 6.45) is 6.17. The van der Waals surface area contributed by atoms with E-state index in [4.69, 9.17) is 0 Å². The zero-order valence-corrected chi connectivity index (χ0v) is 10.8. The van der Waals surface area contributed by atoms with Crippen molar-refractivity contribution in [2.45, 2.75) is 0 Å². The predicted molar refractivity (Wildman–Crippen MR) is 74.4 cm³/mol. The number of rotatable bonds is 0. The fourth-order valence-corrected chi connectivity index (χ4v) is 2.06. The largest absolute Gasteiger partial charge is 0.232 e. The summed E-state index contributed by atoms with van der Waals surface area (Å²) in [4.78, 5) is 42.2. The molecular formula is C12H4N10. The highest BCUT2D eigenvalue weighted by atomic mass is 15.1. The Morgan fingerprint density at radius 2 is 0.545 bits per heavy atom. The summed E-state index contributed by atoms with van der Waals surface area (Å²) in [6.45, 7) is 0. The normalized spacial score (nSPS) is 11.6. The second-order valence-corrected chi connectivity index (χ2v) is 4.37. The SMILES string of the molecule is c1cnc2nc3nc4nc5nccnc5nc4nc3nc2n1. The van der Waals surface area contributed by atoms with E-state index < -0.39 is 0 Å². The summed E-state index contributed by atoms with van der Waals surface area (Å²) in [5.74, 6) is 0. The zero-order chi connectivity index (χ0) is 14.5. The number of nitrogens with zero attached hydrogens (tertiary/aromatic N) is 10. The Morgan fingerprint density at radius 3 is 0.818 bits per heavy atom. The first kappa shape index (κ1) is 11.1. The molecule has 0 N–H and O–H groups in total. The summed E-state index contributed by atoms with van der Waals surface area (Å²) in [7, 11) is 0. The molecule has 0 aromatic carbocycles. The molecule has 0 unspecified atom stereocenters. The van der Waals surface area contributed by atoms with Crippen LogP contribution in [0, 0.1) is 0 Å². The third-order valence-corrected chi connectivity index (χ3v) is 2.99. The van der Waals surface area contributed by atoms with Crippen molar-refractivity contribution in [1.29, 1.82) is 0 Å². The van der Waals surface area contributed by atoms with E-state index in [0.717, 1.165) is 0 Å². The highest BCUT2D eigenvalue weighted by molar-refractivity contribution is 5.84. The van der Waals surface area contributed by atoms with Crippen LogP contribution in [0.25, 0.3) is 45.2 Å². The minimum absolute atomic E-state index is 0.332. The lowest BCUT2D eigenvalue weighted by Gasteiger charge is -2.01. The van der Waals surface area contributed by atoms with Gasteiger partial charge >= 0.3 is 0 Å². The first-order valence-electron chi connectivity index (χ1n) is 6.28. The average Bonchev–Trinajstić information content (AvgIpc) is 2.56. The average molecular weight is 288 g/mol. The van der Waals surface area contributed by atoms with Crippen molar-refractivity contribution in [3.8, 4) is 0 Å². The molecule has 0 amide bonds. The van der Waals surface area contributed by atoms with E-state index >= 15 is 0 Å². The van der Waals surface area contributed by atoms with Crippen LogP contribution in [-0.2, 0) is 0 Å². The van der Waals surface area contributed by atoms with Gasteiger partial charge in [-0.25, -0.2) is 49.8 Å². The Hall–Kier alpha value is -3.56. The van der Waals surface area contributed by atoms with Gasteiger partial charge in [0.1, 0.15) is 0 Å². The Kier molecular flexibility index (Phi) is 2.01. The van der Waals surface area contributed by atoms with Gasteiger partial charge in [-0.15, -0.1) is 0 Å². The number of hydrogen-bond acceptors (Lipinski definition) is 10. The van der Waals surface area contributed by atoms with Gasteiger partial charge in [0.15, 0.2) is 22.6 Å². The van der Waals surface area contributed by atoms with Crippen molar-refractivity contribution in [2.24, 2.45) is 0 Å². The lowest BCUT2D eigenvalue weighted by molar-refractivity contribution is 1.12. The number of fused-ring (bicyclic) bond motifs is 4. The molecule has 0 fully saturated rings. The fourth-order valence-electron chi connectivity index (χ4n) is 2.06. The van der Waals surface area contributed by atoms with Crippen LogP contribution >= 0.6 is 0 Å². The maximum Gasteiger partial charge on any atom is 0.202 e. The van der Waals surface area contributed by atoms with Crippen molar-refractivity contribution >= 4 is 45.2 Å². The second kappa shape index (κ2) is 3.97. The van der Waals surface area contributed by atoms with E-state index in [1.54, 1.807) is 24.8 Å². The highest BCUT2D eigenvalue weighted by Crippen LogP contribution is 2.14. The van der Waals surface area contributed by atoms with E-state index in [9.17, 15) is 0 Å². The number of hydrogen-bond donors (Lipinski definition) is 0. The highest BCUT2D eigenvalue weighted by Gasteiger charge is 2.11. The maximum atomic E-state index is 4.33. The van der Waals surface area contributed by atoms with Crippen LogP contribution in [0.15, 0.2) is 24.8 Å². The standard InChI is InChI=1S/C12H4N10/c1-2-14-6-5(13-1)17-9-10(18-6)22-12-11(21-9)19-7-8(20-12)16-4-3-15-7/h1-4H. The zero-order valence-electron chi connectivity index (χ0n) is 10.8. The van der Waals surface area contributed by atoms with Crippen molar-refractivity contribution < 1.29 is 0 Å². The van der Waals surface area contributed by atoms with Crippen molar-refractivity contribution in [1.82, 2.24) is 49.8 Å². The molecule has 5 rings (SSSR count). The van der Waals surface area contributed by atoms with Gasteiger partial charge in [-0.05, 0) is 0 Å². The molecule has 0 saturated carbocycles. The molecule has 0 radical (unpaired) electrons. The quantitative estimate of drug-likeness (QED) is 0.365. The topological polar surface area (TPSA) is 129 Å². The smallest absolute Gasteiger partial charge is 0.202 e. The summed E-state index contributed by atoms with van der Waals surface area (Å²) >= 11 is 0. The molecule has 5 heterocycles. The molecule has 10 heteroatoms. The van der Waals surface area contributed by atoms with E-state index in [1.165, 1.54) is 0 Å². The fraction of sp³-hybridized carbons (Fsp3) is 0. The van der Waals surface area contributed by atoms with Crippen LogP contribution in [0.2, 0.25) is 0 Å². The summed E-state index contributed by atoms with van der Waals surface area (Å²) < 4.78 is 0. The molecule has 5 aromatic heterocycles. The van der Waals surface area contributed by atoms with Crippen molar-refractivity contribution in [3.63, 3.8) is 0 Å². The van der Waals surface area contributed by atoms with Crippen LogP contribution in [0.3, 0.4) is 0 Å². The molecule has 22 heavy (non-hydrogen) atoms. The summed E-state index contributed by atoms with van der Waals surface area (Å²) in [6, 6.07) is 0. The van der Waals surface area contributed by atoms with E-state index in [-0.39, 0.29) is 0 Å². The molecule has 0 spiro atoms. The van der Waals surface area contributed by atoms with Gasteiger partial charge in [0, 0.05) is 24.8 Å². The Bertz CT molecular complexity index is 1000. The molecule has 10 nitrogen and oxygen atoms in total. The Morgan fingerprint density at radius 1 is 0.318 bits per heavy atom.